The minimum Gasteiger partial charge on any atom is -0.493 e. The molecule has 2 N–H and O–H groups in total. The van der Waals surface area contributed by atoms with Crippen LogP contribution in [0.4, 0.5) is 0 Å². The fourth-order valence-electron chi connectivity index (χ4n) is 1.62. The van der Waals surface area contributed by atoms with Gasteiger partial charge in [-0.05, 0) is 25.0 Å². The molecule has 0 bridgehead atoms. The highest BCUT2D eigenvalue weighted by molar-refractivity contribution is 6.32. The highest BCUT2D eigenvalue weighted by atomic mass is 35.5. The van der Waals surface area contributed by atoms with Crippen molar-refractivity contribution in [3.05, 3.63) is 22.7 Å². The normalized spacial score (nSPS) is 13.7. The first-order valence-electron chi connectivity index (χ1n) is 6.04. The van der Waals surface area contributed by atoms with E-state index in [0.717, 1.165) is 12.8 Å². The third kappa shape index (κ3) is 3.54. The van der Waals surface area contributed by atoms with Crippen molar-refractivity contribution in [3.8, 4) is 11.5 Å². The maximum Gasteiger partial charge on any atom is 0.335 e. The molecule has 0 radical (unpaired) electrons. The molecule has 0 unspecified atom stereocenters. The van der Waals surface area contributed by atoms with Crippen molar-refractivity contribution in [1.82, 2.24) is 5.32 Å². The second-order valence-electron chi connectivity index (χ2n) is 4.43. The molecule has 20 heavy (non-hydrogen) atoms. The summed E-state index contributed by atoms with van der Waals surface area (Å²) in [4.78, 5) is 22.4. The summed E-state index contributed by atoms with van der Waals surface area (Å²) in [5.74, 6) is -1.03. The van der Waals surface area contributed by atoms with E-state index in [1.165, 1.54) is 19.2 Å². The van der Waals surface area contributed by atoms with Gasteiger partial charge in [-0.15, -0.1) is 0 Å². The number of carboxylic acids is 1. The van der Waals surface area contributed by atoms with Crippen molar-refractivity contribution < 1.29 is 24.2 Å². The molecule has 1 aliphatic carbocycles. The zero-order valence-electron chi connectivity index (χ0n) is 10.8. The van der Waals surface area contributed by atoms with Crippen LogP contribution in [0.25, 0.3) is 0 Å². The molecule has 0 aromatic heterocycles. The average Bonchev–Trinajstić information content (AvgIpc) is 3.20. The lowest BCUT2D eigenvalue weighted by molar-refractivity contribution is -0.123. The lowest BCUT2D eigenvalue weighted by Gasteiger charge is -2.13. The van der Waals surface area contributed by atoms with Crippen LogP contribution in [0.2, 0.25) is 5.02 Å². The summed E-state index contributed by atoms with van der Waals surface area (Å²) in [6, 6.07) is 2.79. The monoisotopic (exact) mass is 299 g/mol. The van der Waals surface area contributed by atoms with Crippen molar-refractivity contribution in [2.45, 2.75) is 18.9 Å². The number of benzene rings is 1. The molecule has 0 aliphatic heterocycles. The van der Waals surface area contributed by atoms with E-state index in [1.807, 2.05) is 0 Å². The van der Waals surface area contributed by atoms with E-state index in [-0.39, 0.29) is 40.6 Å². The van der Waals surface area contributed by atoms with E-state index in [1.54, 1.807) is 0 Å². The molecular weight excluding hydrogens is 286 g/mol. The number of rotatable bonds is 6. The molecule has 6 nitrogen and oxygen atoms in total. The number of ether oxygens (including phenoxy) is 2. The van der Waals surface area contributed by atoms with Gasteiger partial charge in [0, 0.05) is 6.04 Å². The Bertz CT molecular complexity index is 542. The van der Waals surface area contributed by atoms with Gasteiger partial charge in [0.25, 0.3) is 5.91 Å². The summed E-state index contributed by atoms with van der Waals surface area (Å²) < 4.78 is 10.4. The number of carboxylic acid groups (broad SMARTS) is 1. The van der Waals surface area contributed by atoms with E-state index < -0.39 is 5.97 Å². The van der Waals surface area contributed by atoms with Crippen LogP contribution in [0.1, 0.15) is 23.2 Å². The lowest BCUT2D eigenvalue weighted by atomic mass is 10.2. The van der Waals surface area contributed by atoms with Crippen LogP contribution in [0.15, 0.2) is 12.1 Å². The molecule has 1 aliphatic rings. The minimum absolute atomic E-state index is 0.0124. The number of amides is 1. The van der Waals surface area contributed by atoms with Gasteiger partial charge in [0.1, 0.15) is 0 Å². The Labute approximate surface area is 120 Å². The summed E-state index contributed by atoms with van der Waals surface area (Å²) >= 11 is 5.96. The highest BCUT2D eigenvalue weighted by Gasteiger charge is 2.24. The Balaban J connectivity index is 2.09. The number of methoxy groups -OCH3 is 1. The van der Waals surface area contributed by atoms with Gasteiger partial charge >= 0.3 is 5.97 Å². The van der Waals surface area contributed by atoms with Crippen LogP contribution >= 0.6 is 11.6 Å². The first-order valence-corrected chi connectivity index (χ1v) is 6.42. The molecule has 0 atom stereocenters. The van der Waals surface area contributed by atoms with E-state index in [0.29, 0.717) is 0 Å². The summed E-state index contributed by atoms with van der Waals surface area (Å²) in [7, 11) is 1.37. The molecule has 0 spiro atoms. The molecule has 1 fully saturated rings. The van der Waals surface area contributed by atoms with Crippen LogP contribution in [0.3, 0.4) is 0 Å². The second kappa shape index (κ2) is 6.00. The van der Waals surface area contributed by atoms with E-state index >= 15 is 0 Å². The van der Waals surface area contributed by atoms with Crippen LogP contribution in [0, 0.1) is 0 Å². The van der Waals surface area contributed by atoms with E-state index in [4.69, 9.17) is 26.2 Å². The van der Waals surface area contributed by atoms with Crippen molar-refractivity contribution in [2.75, 3.05) is 13.7 Å². The zero-order valence-corrected chi connectivity index (χ0v) is 11.6. The van der Waals surface area contributed by atoms with Crippen molar-refractivity contribution in [2.24, 2.45) is 0 Å². The topological polar surface area (TPSA) is 84.9 Å². The molecule has 1 aromatic rings. The predicted molar refractivity (Wildman–Crippen MR) is 71.6 cm³/mol. The van der Waals surface area contributed by atoms with Crippen molar-refractivity contribution in [3.63, 3.8) is 0 Å². The van der Waals surface area contributed by atoms with Crippen LogP contribution in [-0.4, -0.2) is 36.7 Å². The molecular formula is C13H14ClNO5. The second-order valence-corrected chi connectivity index (χ2v) is 4.83. The molecule has 7 heteroatoms. The largest absolute Gasteiger partial charge is 0.493 e. The molecule has 1 saturated carbocycles. The molecule has 0 heterocycles. The number of hydrogen-bond donors (Lipinski definition) is 2. The standard InChI is InChI=1S/C13H14ClNO5/c1-19-10-5-7(13(17)18)4-9(14)12(10)20-6-11(16)15-8-2-3-8/h4-5,8H,2-3,6H2,1H3,(H,15,16)(H,17,18). The molecule has 1 amide bonds. The summed E-state index contributed by atoms with van der Waals surface area (Å²) in [5, 5.41) is 11.8. The quantitative estimate of drug-likeness (QED) is 0.835. The van der Waals surface area contributed by atoms with Crippen LogP contribution in [-0.2, 0) is 4.79 Å². The van der Waals surface area contributed by atoms with Gasteiger partial charge in [0.15, 0.2) is 18.1 Å². The maximum absolute atomic E-state index is 11.5. The summed E-state index contributed by atoms with van der Waals surface area (Å²) in [5.41, 5.74) is -0.0124. The first kappa shape index (κ1) is 14.5. The number of carbonyl (C=O) groups is 2. The third-order valence-corrected chi connectivity index (χ3v) is 3.05. The number of nitrogens with one attached hydrogen (secondary N) is 1. The average molecular weight is 300 g/mol. The van der Waals surface area contributed by atoms with Crippen molar-refractivity contribution in [1.29, 1.82) is 0 Å². The minimum atomic E-state index is -1.12. The fraction of sp³-hybridized carbons (Fsp3) is 0.385. The molecule has 1 aromatic carbocycles. The van der Waals surface area contributed by atoms with Gasteiger partial charge in [0.2, 0.25) is 0 Å². The SMILES string of the molecule is COc1cc(C(=O)O)cc(Cl)c1OCC(=O)NC1CC1. The fourth-order valence-corrected chi connectivity index (χ4v) is 1.88. The molecule has 0 saturated heterocycles. The molecule has 108 valence electrons. The predicted octanol–water partition coefficient (Wildman–Crippen LogP) is 1.70. The Kier molecular flexibility index (Phi) is 4.34. The number of carbonyl (C=O) groups excluding carboxylic acids is 1. The van der Waals surface area contributed by atoms with Gasteiger partial charge in [-0.1, -0.05) is 11.6 Å². The van der Waals surface area contributed by atoms with Gasteiger partial charge in [-0.25, -0.2) is 4.79 Å². The Morgan fingerprint density at radius 2 is 2.15 bits per heavy atom. The Morgan fingerprint density at radius 1 is 1.45 bits per heavy atom. The van der Waals surface area contributed by atoms with Crippen LogP contribution in [0.5, 0.6) is 11.5 Å². The van der Waals surface area contributed by atoms with Gasteiger partial charge in [-0.2, -0.15) is 0 Å². The van der Waals surface area contributed by atoms with Crippen LogP contribution < -0.4 is 14.8 Å². The number of hydrogen-bond acceptors (Lipinski definition) is 4. The Hall–Kier alpha value is -1.95. The van der Waals surface area contributed by atoms with E-state index in [2.05, 4.69) is 5.32 Å². The number of halogens is 1. The van der Waals surface area contributed by atoms with Gasteiger partial charge in [-0.3, -0.25) is 4.79 Å². The first-order chi connectivity index (χ1) is 9.51. The third-order valence-electron chi connectivity index (χ3n) is 2.77. The van der Waals surface area contributed by atoms with Gasteiger partial charge in [0.05, 0.1) is 17.7 Å². The lowest BCUT2D eigenvalue weighted by Crippen LogP contribution is -2.30. The number of aromatic carboxylic acids is 1. The highest BCUT2D eigenvalue weighted by Crippen LogP contribution is 2.36. The van der Waals surface area contributed by atoms with E-state index in [9.17, 15) is 9.59 Å². The summed E-state index contributed by atoms with van der Waals surface area (Å²) in [6.45, 7) is -0.195. The van der Waals surface area contributed by atoms with Gasteiger partial charge < -0.3 is 19.9 Å². The molecule has 2 rings (SSSR count). The Morgan fingerprint density at radius 3 is 2.70 bits per heavy atom. The van der Waals surface area contributed by atoms with Crippen molar-refractivity contribution >= 4 is 23.5 Å². The summed E-state index contributed by atoms with van der Waals surface area (Å²) in [6.07, 6.45) is 1.98. The maximum atomic E-state index is 11.5. The smallest absolute Gasteiger partial charge is 0.335 e. The zero-order chi connectivity index (χ0) is 14.7.